The first-order valence-corrected chi connectivity index (χ1v) is 8.68. The molecule has 0 radical (unpaired) electrons. The summed E-state index contributed by atoms with van der Waals surface area (Å²) < 4.78 is 10.6. The highest BCUT2D eigenvalue weighted by atomic mass is 32.1. The smallest absolute Gasteiger partial charge is 0.308 e. The Bertz CT molecular complexity index is 909. The molecule has 0 unspecified atom stereocenters. The van der Waals surface area contributed by atoms with Crippen molar-refractivity contribution in [2.45, 2.75) is 6.42 Å². The highest BCUT2D eigenvalue weighted by Gasteiger charge is 2.17. The Morgan fingerprint density at radius 2 is 1.92 bits per heavy atom. The third-order valence-corrected chi connectivity index (χ3v) is 4.68. The van der Waals surface area contributed by atoms with Crippen LogP contribution in [0.4, 0.5) is 10.8 Å². The topological polar surface area (TPSA) is 80.7 Å². The minimum Gasteiger partial charge on any atom is -0.497 e. The molecule has 26 heavy (non-hydrogen) atoms. The Balaban J connectivity index is 1.96. The van der Waals surface area contributed by atoms with Gasteiger partial charge in [-0.25, -0.2) is 4.98 Å². The molecule has 134 valence electrons. The number of hydrogen-bond donors (Lipinski definition) is 2. The largest absolute Gasteiger partial charge is 0.497 e. The van der Waals surface area contributed by atoms with E-state index in [9.17, 15) is 9.90 Å². The maximum Gasteiger partial charge on any atom is 0.308 e. The van der Waals surface area contributed by atoms with E-state index >= 15 is 0 Å². The number of aliphatic carboxylic acids is 1. The lowest BCUT2D eigenvalue weighted by Crippen LogP contribution is -1.99. The number of carboxylic acids is 1. The molecule has 2 N–H and O–H groups in total. The van der Waals surface area contributed by atoms with Crippen molar-refractivity contribution >= 4 is 28.1 Å². The molecule has 0 saturated heterocycles. The zero-order valence-corrected chi connectivity index (χ0v) is 15.2. The number of nitrogens with zero attached hydrogens (tertiary/aromatic N) is 1. The maximum atomic E-state index is 11.2. The summed E-state index contributed by atoms with van der Waals surface area (Å²) in [7, 11) is 3.17. The van der Waals surface area contributed by atoms with Crippen molar-refractivity contribution in [3.63, 3.8) is 0 Å². The van der Waals surface area contributed by atoms with Crippen LogP contribution in [0.1, 0.15) is 4.88 Å². The molecule has 0 aliphatic rings. The van der Waals surface area contributed by atoms with Crippen LogP contribution >= 0.6 is 11.3 Å². The van der Waals surface area contributed by atoms with Crippen molar-refractivity contribution in [3.8, 4) is 22.8 Å². The van der Waals surface area contributed by atoms with E-state index in [2.05, 4.69) is 10.3 Å². The van der Waals surface area contributed by atoms with Crippen LogP contribution in [0.5, 0.6) is 11.5 Å². The third-order valence-electron chi connectivity index (χ3n) is 3.71. The van der Waals surface area contributed by atoms with Gasteiger partial charge in [0.2, 0.25) is 0 Å². The van der Waals surface area contributed by atoms with Crippen LogP contribution in [0.2, 0.25) is 0 Å². The Morgan fingerprint density at radius 1 is 1.15 bits per heavy atom. The quantitative estimate of drug-likeness (QED) is 0.649. The van der Waals surface area contributed by atoms with Gasteiger partial charge in [0.05, 0.1) is 32.0 Å². The fraction of sp³-hybridized carbons (Fsp3) is 0.158. The summed E-state index contributed by atoms with van der Waals surface area (Å²) in [5.74, 6) is 0.406. The van der Waals surface area contributed by atoms with E-state index in [1.807, 2.05) is 42.5 Å². The second-order valence-electron chi connectivity index (χ2n) is 5.42. The molecule has 6 nitrogen and oxygen atoms in total. The SMILES string of the molecule is COc1ccc(Nc2nc(-c3ccccc3)c(CC(=O)O)s2)c(OC)c1. The van der Waals surface area contributed by atoms with Crippen molar-refractivity contribution in [2.24, 2.45) is 0 Å². The maximum absolute atomic E-state index is 11.2. The summed E-state index contributed by atoms with van der Waals surface area (Å²) in [6, 6.07) is 15.0. The van der Waals surface area contributed by atoms with Crippen molar-refractivity contribution in [3.05, 3.63) is 53.4 Å². The molecule has 2 aromatic carbocycles. The molecule has 0 aliphatic carbocycles. The second-order valence-corrected chi connectivity index (χ2v) is 6.50. The van der Waals surface area contributed by atoms with E-state index in [1.165, 1.54) is 11.3 Å². The number of rotatable bonds is 7. The minimum atomic E-state index is -0.889. The van der Waals surface area contributed by atoms with Crippen molar-refractivity contribution in [2.75, 3.05) is 19.5 Å². The summed E-state index contributed by atoms with van der Waals surface area (Å²) in [5.41, 5.74) is 2.28. The van der Waals surface area contributed by atoms with E-state index in [0.29, 0.717) is 27.2 Å². The number of aromatic nitrogens is 1. The molecule has 0 spiro atoms. The van der Waals surface area contributed by atoms with E-state index < -0.39 is 5.97 Å². The Kier molecular flexibility index (Phi) is 5.38. The van der Waals surface area contributed by atoms with Crippen LogP contribution in [0.15, 0.2) is 48.5 Å². The number of thiazole rings is 1. The van der Waals surface area contributed by atoms with Gasteiger partial charge in [0.1, 0.15) is 11.5 Å². The third kappa shape index (κ3) is 3.94. The van der Waals surface area contributed by atoms with Crippen LogP contribution in [0.25, 0.3) is 11.3 Å². The molecular formula is C19H18N2O4S. The summed E-state index contributed by atoms with van der Waals surface area (Å²) in [5, 5.41) is 13.0. The number of carbonyl (C=O) groups is 1. The molecule has 0 bridgehead atoms. The van der Waals surface area contributed by atoms with E-state index in [-0.39, 0.29) is 6.42 Å². The van der Waals surface area contributed by atoms with E-state index in [0.717, 1.165) is 11.3 Å². The zero-order valence-electron chi connectivity index (χ0n) is 14.4. The van der Waals surface area contributed by atoms with Crippen molar-refractivity contribution < 1.29 is 19.4 Å². The lowest BCUT2D eigenvalue weighted by atomic mass is 10.1. The predicted octanol–water partition coefficient (Wildman–Crippen LogP) is 4.20. The zero-order chi connectivity index (χ0) is 18.5. The lowest BCUT2D eigenvalue weighted by Gasteiger charge is -2.10. The van der Waals surface area contributed by atoms with Crippen LogP contribution in [-0.4, -0.2) is 30.3 Å². The van der Waals surface area contributed by atoms with E-state index in [1.54, 1.807) is 20.3 Å². The summed E-state index contributed by atoms with van der Waals surface area (Å²) >= 11 is 1.32. The first-order valence-electron chi connectivity index (χ1n) is 7.86. The van der Waals surface area contributed by atoms with Gasteiger partial charge >= 0.3 is 5.97 Å². The molecule has 3 aromatic rings. The van der Waals surface area contributed by atoms with Gasteiger partial charge in [0.25, 0.3) is 0 Å². The number of nitrogens with one attached hydrogen (secondary N) is 1. The van der Waals surface area contributed by atoms with Gasteiger partial charge < -0.3 is 19.9 Å². The van der Waals surface area contributed by atoms with Gasteiger partial charge in [-0.2, -0.15) is 0 Å². The number of benzene rings is 2. The van der Waals surface area contributed by atoms with E-state index in [4.69, 9.17) is 9.47 Å². The summed E-state index contributed by atoms with van der Waals surface area (Å²) in [4.78, 5) is 16.5. The van der Waals surface area contributed by atoms with Gasteiger partial charge in [-0.05, 0) is 12.1 Å². The highest BCUT2D eigenvalue weighted by Crippen LogP contribution is 2.36. The average Bonchev–Trinajstić information content (AvgIpc) is 3.04. The molecule has 0 amide bonds. The van der Waals surface area contributed by atoms with Crippen LogP contribution in [-0.2, 0) is 11.2 Å². The molecule has 1 heterocycles. The molecule has 3 rings (SSSR count). The summed E-state index contributed by atoms with van der Waals surface area (Å²) in [6.07, 6.45) is -0.0800. The molecule has 0 fully saturated rings. The van der Waals surface area contributed by atoms with Gasteiger partial charge in [-0.1, -0.05) is 30.3 Å². The fourth-order valence-electron chi connectivity index (χ4n) is 2.50. The molecular weight excluding hydrogens is 352 g/mol. The van der Waals surface area contributed by atoms with Gasteiger partial charge in [0.15, 0.2) is 5.13 Å². The molecule has 0 atom stereocenters. The summed E-state index contributed by atoms with van der Waals surface area (Å²) in [6.45, 7) is 0. The second kappa shape index (κ2) is 7.88. The van der Waals surface area contributed by atoms with Gasteiger partial charge in [-0.3, -0.25) is 4.79 Å². The first kappa shape index (κ1) is 17.8. The van der Waals surface area contributed by atoms with Crippen LogP contribution < -0.4 is 14.8 Å². The minimum absolute atomic E-state index is 0.0800. The molecule has 1 aromatic heterocycles. The van der Waals surface area contributed by atoms with Gasteiger partial charge in [0, 0.05) is 16.5 Å². The van der Waals surface area contributed by atoms with Crippen molar-refractivity contribution in [1.82, 2.24) is 4.98 Å². The van der Waals surface area contributed by atoms with Crippen molar-refractivity contribution in [1.29, 1.82) is 0 Å². The number of carboxylic acid groups (broad SMARTS) is 1. The van der Waals surface area contributed by atoms with Crippen LogP contribution in [0, 0.1) is 0 Å². The fourth-order valence-corrected chi connectivity index (χ4v) is 3.49. The average molecular weight is 370 g/mol. The monoisotopic (exact) mass is 370 g/mol. The van der Waals surface area contributed by atoms with Gasteiger partial charge in [-0.15, -0.1) is 11.3 Å². The standard InChI is InChI=1S/C19H18N2O4S/c1-24-13-8-9-14(15(10-13)25-2)20-19-21-18(12-6-4-3-5-7-12)16(26-19)11-17(22)23/h3-10H,11H2,1-2H3,(H,20,21)(H,22,23). The highest BCUT2D eigenvalue weighted by molar-refractivity contribution is 7.16. The Labute approximate surface area is 155 Å². The molecule has 0 saturated carbocycles. The number of ether oxygens (including phenoxy) is 2. The number of methoxy groups -OCH3 is 2. The Morgan fingerprint density at radius 3 is 2.58 bits per heavy atom. The Hall–Kier alpha value is -3.06. The van der Waals surface area contributed by atoms with Crippen LogP contribution in [0.3, 0.4) is 0 Å². The lowest BCUT2D eigenvalue weighted by molar-refractivity contribution is -0.136. The number of hydrogen-bond acceptors (Lipinski definition) is 6. The molecule has 0 aliphatic heterocycles. The number of anilines is 2. The predicted molar refractivity (Wildman–Crippen MR) is 102 cm³/mol. The normalized spacial score (nSPS) is 10.4. The molecule has 7 heteroatoms. The first-order chi connectivity index (χ1) is 12.6.